The molecule has 1 aliphatic rings. The zero-order valence-electron chi connectivity index (χ0n) is 8.25. The Morgan fingerprint density at radius 2 is 2.07 bits per heavy atom. The number of benzene rings is 1. The molecule has 1 aromatic rings. The Hall–Kier alpha value is -0.530. The molecule has 1 nitrogen and oxygen atoms in total. The maximum atomic E-state index is 6.45. The lowest BCUT2D eigenvalue weighted by Crippen LogP contribution is -2.31. The molecule has 2 unspecified atom stereocenters. The Labute approximate surface area is 90.5 Å². The van der Waals surface area contributed by atoms with Gasteiger partial charge in [0, 0.05) is 0 Å². The molecule has 0 spiro atoms. The summed E-state index contributed by atoms with van der Waals surface area (Å²) in [6.07, 6.45) is 2.50. The summed E-state index contributed by atoms with van der Waals surface area (Å²) in [5.41, 5.74) is 1.25. The van der Waals surface area contributed by atoms with Gasteiger partial charge in [-0.05, 0) is 37.4 Å². The summed E-state index contributed by atoms with van der Waals surface area (Å²) in [7, 11) is 0. The molecule has 0 saturated carbocycles. The van der Waals surface area contributed by atoms with Gasteiger partial charge in [0.2, 0.25) is 0 Å². The second-order valence-electron chi connectivity index (χ2n) is 3.92. The molecule has 0 radical (unpaired) electrons. The molecule has 14 heavy (non-hydrogen) atoms. The number of piperidine rings is 1. The van der Waals surface area contributed by atoms with E-state index in [-0.39, 0.29) is 5.38 Å². The van der Waals surface area contributed by atoms with Crippen LogP contribution in [0.4, 0.5) is 0 Å². The molecule has 1 saturated heterocycles. The fourth-order valence-electron chi connectivity index (χ4n) is 2.04. The van der Waals surface area contributed by atoms with Crippen LogP contribution >= 0.6 is 11.6 Å². The molecule has 76 valence electrons. The van der Waals surface area contributed by atoms with Crippen LogP contribution in [0.25, 0.3) is 0 Å². The average Bonchev–Trinajstić information content (AvgIpc) is 2.30. The summed E-state index contributed by atoms with van der Waals surface area (Å²) in [6, 6.07) is 10.4. The van der Waals surface area contributed by atoms with E-state index in [4.69, 9.17) is 11.6 Å². The van der Waals surface area contributed by atoms with Crippen molar-refractivity contribution < 1.29 is 0 Å². The van der Waals surface area contributed by atoms with E-state index in [9.17, 15) is 0 Å². The fraction of sp³-hybridized carbons (Fsp3) is 0.500. The first kappa shape index (κ1) is 10.0. The van der Waals surface area contributed by atoms with Gasteiger partial charge >= 0.3 is 0 Å². The minimum atomic E-state index is 0.170. The van der Waals surface area contributed by atoms with Crippen LogP contribution in [0, 0.1) is 5.92 Å². The molecular weight excluding hydrogens is 194 g/mol. The van der Waals surface area contributed by atoms with Gasteiger partial charge in [-0.25, -0.2) is 0 Å². The van der Waals surface area contributed by atoms with E-state index >= 15 is 0 Å². The van der Waals surface area contributed by atoms with Crippen LogP contribution in [0.2, 0.25) is 0 Å². The smallest absolute Gasteiger partial charge is 0.0625 e. The molecule has 0 bridgehead atoms. The summed E-state index contributed by atoms with van der Waals surface area (Å²) in [5.74, 6) is 0.591. The van der Waals surface area contributed by atoms with E-state index in [1.165, 1.54) is 18.4 Å². The number of hydrogen-bond acceptors (Lipinski definition) is 1. The number of rotatable bonds is 2. The Bertz CT molecular complexity index is 267. The monoisotopic (exact) mass is 209 g/mol. The van der Waals surface area contributed by atoms with Crippen molar-refractivity contribution in [3.8, 4) is 0 Å². The number of halogens is 1. The van der Waals surface area contributed by atoms with Gasteiger partial charge in [-0.3, -0.25) is 0 Å². The highest BCUT2D eigenvalue weighted by atomic mass is 35.5. The van der Waals surface area contributed by atoms with Crippen LogP contribution in [-0.4, -0.2) is 13.1 Å². The SMILES string of the molecule is ClC(c1ccccc1)C1CCCNC1. The average molecular weight is 210 g/mol. The summed E-state index contributed by atoms with van der Waals surface area (Å²) in [4.78, 5) is 0. The third kappa shape index (κ3) is 2.28. The van der Waals surface area contributed by atoms with Gasteiger partial charge in [0.05, 0.1) is 5.38 Å². The van der Waals surface area contributed by atoms with Gasteiger partial charge in [0.25, 0.3) is 0 Å². The Morgan fingerprint density at radius 3 is 2.71 bits per heavy atom. The topological polar surface area (TPSA) is 12.0 Å². The predicted molar refractivity (Wildman–Crippen MR) is 60.6 cm³/mol. The molecule has 1 fully saturated rings. The van der Waals surface area contributed by atoms with Crippen molar-refractivity contribution in [2.75, 3.05) is 13.1 Å². The van der Waals surface area contributed by atoms with Gasteiger partial charge < -0.3 is 5.32 Å². The van der Waals surface area contributed by atoms with Crippen molar-refractivity contribution in [1.29, 1.82) is 0 Å². The van der Waals surface area contributed by atoms with Crippen LogP contribution in [0.5, 0.6) is 0 Å². The van der Waals surface area contributed by atoms with E-state index < -0.39 is 0 Å². The minimum Gasteiger partial charge on any atom is -0.316 e. The first-order valence-corrected chi connectivity index (χ1v) is 5.71. The maximum absolute atomic E-state index is 6.45. The molecule has 1 aromatic carbocycles. The first-order valence-electron chi connectivity index (χ1n) is 5.27. The third-order valence-corrected chi connectivity index (χ3v) is 3.48. The van der Waals surface area contributed by atoms with Crippen LogP contribution in [0.3, 0.4) is 0 Å². The largest absolute Gasteiger partial charge is 0.316 e. The molecule has 1 N–H and O–H groups in total. The van der Waals surface area contributed by atoms with Gasteiger partial charge in [0.1, 0.15) is 0 Å². The fourth-order valence-corrected chi connectivity index (χ4v) is 2.40. The molecule has 1 heterocycles. The quantitative estimate of drug-likeness (QED) is 0.739. The number of nitrogens with one attached hydrogen (secondary N) is 1. The minimum absolute atomic E-state index is 0.170. The highest BCUT2D eigenvalue weighted by Gasteiger charge is 2.22. The molecule has 0 amide bonds. The third-order valence-electron chi connectivity index (χ3n) is 2.87. The lowest BCUT2D eigenvalue weighted by atomic mass is 9.92. The van der Waals surface area contributed by atoms with E-state index in [2.05, 4.69) is 29.6 Å². The van der Waals surface area contributed by atoms with Crippen LogP contribution < -0.4 is 5.32 Å². The van der Waals surface area contributed by atoms with E-state index in [0.717, 1.165) is 13.1 Å². The van der Waals surface area contributed by atoms with Crippen LogP contribution in [0.1, 0.15) is 23.8 Å². The van der Waals surface area contributed by atoms with Crippen molar-refractivity contribution in [1.82, 2.24) is 5.32 Å². The Morgan fingerprint density at radius 1 is 1.29 bits per heavy atom. The second kappa shape index (κ2) is 4.81. The molecule has 0 aromatic heterocycles. The first-order chi connectivity index (χ1) is 6.88. The van der Waals surface area contributed by atoms with E-state index in [1.54, 1.807) is 0 Å². The van der Waals surface area contributed by atoms with Crippen molar-refractivity contribution in [3.05, 3.63) is 35.9 Å². The van der Waals surface area contributed by atoms with E-state index in [1.807, 2.05) is 6.07 Å². The molecule has 2 heteroatoms. The van der Waals surface area contributed by atoms with Crippen molar-refractivity contribution >= 4 is 11.6 Å². The summed E-state index contributed by atoms with van der Waals surface area (Å²) in [6.45, 7) is 2.21. The van der Waals surface area contributed by atoms with Gasteiger partial charge in [0.15, 0.2) is 0 Å². The van der Waals surface area contributed by atoms with Gasteiger partial charge in [-0.2, -0.15) is 0 Å². The highest BCUT2D eigenvalue weighted by Crippen LogP contribution is 2.32. The molecule has 1 aliphatic heterocycles. The van der Waals surface area contributed by atoms with Crippen LogP contribution in [-0.2, 0) is 0 Å². The van der Waals surface area contributed by atoms with Crippen molar-refractivity contribution in [2.24, 2.45) is 5.92 Å². The molecule has 2 rings (SSSR count). The standard InChI is InChI=1S/C12H16ClN/c13-12(10-5-2-1-3-6-10)11-7-4-8-14-9-11/h1-3,5-6,11-12,14H,4,7-9H2. The molecular formula is C12H16ClN. The summed E-state index contributed by atoms with van der Waals surface area (Å²) >= 11 is 6.45. The number of alkyl halides is 1. The Balaban J connectivity index is 2.03. The zero-order chi connectivity index (χ0) is 9.80. The van der Waals surface area contributed by atoms with Gasteiger partial charge in [-0.1, -0.05) is 30.3 Å². The normalized spacial score (nSPS) is 24.5. The molecule has 0 aliphatic carbocycles. The number of hydrogen-bond donors (Lipinski definition) is 1. The van der Waals surface area contributed by atoms with Crippen molar-refractivity contribution in [2.45, 2.75) is 18.2 Å². The van der Waals surface area contributed by atoms with Crippen molar-refractivity contribution in [3.63, 3.8) is 0 Å². The lowest BCUT2D eigenvalue weighted by Gasteiger charge is -2.27. The predicted octanol–water partition coefficient (Wildman–Crippen LogP) is 2.97. The molecule has 2 atom stereocenters. The second-order valence-corrected chi connectivity index (χ2v) is 4.39. The summed E-state index contributed by atoms with van der Waals surface area (Å²) in [5, 5.41) is 3.57. The van der Waals surface area contributed by atoms with E-state index in [0.29, 0.717) is 5.92 Å². The lowest BCUT2D eigenvalue weighted by molar-refractivity contribution is 0.368. The van der Waals surface area contributed by atoms with Crippen LogP contribution in [0.15, 0.2) is 30.3 Å². The Kier molecular flexibility index (Phi) is 3.44. The highest BCUT2D eigenvalue weighted by molar-refractivity contribution is 6.21. The zero-order valence-corrected chi connectivity index (χ0v) is 9.00. The maximum Gasteiger partial charge on any atom is 0.0625 e. The summed E-state index contributed by atoms with van der Waals surface area (Å²) < 4.78 is 0. The van der Waals surface area contributed by atoms with Gasteiger partial charge in [-0.15, -0.1) is 11.6 Å².